The monoisotopic (exact) mass is 302 g/mol. The van der Waals surface area contributed by atoms with E-state index in [1.807, 2.05) is 0 Å². The van der Waals surface area contributed by atoms with Crippen molar-refractivity contribution in [3.63, 3.8) is 0 Å². The SMILES string of the molecule is CCCOc1ccc(CCCCCCC2[CH]NCCC2)cc1. The largest absolute Gasteiger partial charge is 0.494 e. The van der Waals surface area contributed by atoms with Gasteiger partial charge in [0.25, 0.3) is 0 Å². The van der Waals surface area contributed by atoms with Crippen LogP contribution in [0.4, 0.5) is 0 Å². The fourth-order valence-electron chi connectivity index (χ4n) is 3.09. The highest BCUT2D eigenvalue weighted by atomic mass is 16.5. The quantitative estimate of drug-likeness (QED) is 0.605. The van der Waals surface area contributed by atoms with E-state index in [9.17, 15) is 0 Å². The van der Waals surface area contributed by atoms with Crippen LogP contribution in [0.1, 0.15) is 63.9 Å². The summed E-state index contributed by atoms with van der Waals surface area (Å²) in [5.41, 5.74) is 1.44. The Hall–Kier alpha value is -1.02. The van der Waals surface area contributed by atoms with E-state index >= 15 is 0 Å². The molecule has 1 N–H and O–H groups in total. The van der Waals surface area contributed by atoms with Gasteiger partial charge in [0.1, 0.15) is 5.75 Å². The van der Waals surface area contributed by atoms with Gasteiger partial charge in [-0.3, -0.25) is 0 Å². The third-order valence-electron chi connectivity index (χ3n) is 4.44. The maximum atomic E-state index is 5.62. The smallest absolute Gasteiger partial charge is 0.119 e. The van der Waals surface area contributed by atoms with Crippen LogP contribution in [0.5, 0.6) is 5.75 Å². The van der Waals surface area contributed by atoms with Crippen molar-refractivity contribution in [1.82, 2.24) is 5.32 Å². The molecule has 0 spiro atoms. The standard InChI is InChI=1S/C20H32NO/c1-2-16-22-20-13-11-18(12-14-20)8-5-3-4-6-9-19-10-7-15-21-17-19/h11-14,17,19,21H,2-10,15-16H2,1H3. The van der Waals surface area contributed by atoms with E-state index in [-0.39, 0.29) is 0 Å². The predicted octanol–water partition coefficient (Wildman–Crippen LogP) is 5.13. The molecule has 2 rings (SSSR count). The normalized spacial score (nSPS) is 18.3. The third-order valence-corrected chi connectivity index (χ3v) is 4.44. The lowest BCUT2D eigenvalue weighted by atomic mass is 9.93. The molecule has 2 nitrogen and oxygen atoms in total. The van der Waals surface area contributed by atoms with Gasteiger partial charge in [-0.05, 0) is 68.7 Å². The zero-order valence-corrected chi connectivity index (χ0v) is 14.2. The number of benzene rings is 1. The molecule has 2 heteroatoms. The number of ether oxygens (including phenoxy) is 1. The van der Waals surface area contributed by atoms with Gasteiger partial charge in [0, 0.05) is 6.54 Å². The van der Waals surface area contributed by atoms with E-state index in [0.29, 0.717) is 0 Å². The van der Waals surface area contributed by atoms with E-state index in [4.69, 9.17) is 4.74 Å². The first-order valence-corrected chi connectivity index (χ1v) is 9.17. The van der Waals surface area contributed by atoms with Crippen molar-refractivity contribution in [2.24, 2.45) is 5.92 Å². The molecule has 1 unspecified atom stereocenters. The molecular formula is C20H32NO. The topological polar surface area (TPSA) is 21.3 Å². The first-order chi connectivity index (χ1) is 10.9. The Morgan fingerprint density at radius 1 is 1.09 bits per heavy atom. The maximum absolute atomic E-state index is 5.62. The van der Waals surface area contributed by atoms with E-state index in [1.54, 1.807) is 0 Å². The van der Waals surface area contributed by atoms with Crippen molar-refractivity contribution < 1.29 is 4.74 Å². The second-order valence-corrected chi connectivity index (χ2v) is 6.47. The zero-order chi connectivity index (χ0) is 15.5. The number of rotatable bonds is 10. The third kappa shape index (κ3) is 6.83. The molecule has 22 heavy (non-hydrogen) atoms. The van der Waals surface area contributed by atoms with E-state index in [1.165, 1.54) is 63.5 Å². The van der Waals surface area contributed by atoms with Crippen LogP contribution >= 0.6 is 0 Å². The maximum Gasteiger partial charge on any atom is 0.119 e. The molecule has 1 aromatic carbocycles. The van der Waals surface area contributed by atoms with Gasteiger partial charge in [0.2, 0.25) is 0 Å². The highest BCUT2D eigenvalue weighted by Gasteiger charge is 2.12. The van der Waals surface area contributed by atoms with Gasteiger partial charge in [-0.1, -0.05) is 38.3 Å². The lowest BCUT2D eigenvalue weighted by Gasteiger charge is -2.21. The minimum Gasteiger partial charge on any atom is -0.494 e. The summed E-state index contributed by atoms with van der Waals surface area (Å²) in [7, 11) is 0. The number of aryl methyl sites for hydroxylation is 1. The number of piperidine rings is 1. The average molecular weight is 302 g/mol. The Morgan fingerprint density at radius 3 is 2.64 bits per heavy atom. The lowest BCUT2D eigenvalue weighted by molar-refractivity contribution is 0.317. The highest BCUT2D eigenvalue weighted by molar-refractivity contribution is 5.27. The van der Waals surface area contributed by atoms with Gasteiger partial charge in [-0.25, -0.2) is 0 Å². The Bertz CT molecular complexity index is 381. The van der Waals surface area contributed by atoms with Crippen LogP contribution in [0, 0.1) is 12.5 Å². The van der Waals surface area contributed by atoms with Crippen molar-refractivity contribution in [3.8, 4) is 5.75 Å². The van der Waals surface area contributed by atoms with Gasteiger partial charge in [0.05, 0.1) is 6.61 Å². The van der Waals surface area contributed by atoms with Gasteiger partial charge in [-0.2, -0.15) is 0 Å². The molecule has 1 atom stereocenters. The zero-order valence-electron chi connectivity index (χ0n) is 14.2. The number of hydrogen-bond donors (Lipinski definition) is 1. The molecule has 0 amide bonds. The van der Waals surface area contributed by atoms with Crippen molar-refractivity contribution in [2.45, 2.75) is 64.7 Å². The summed E-state index contributed by atoms with van der Waals surface area (Å²) in [6.45, 7) is 6.45. The molecule has 0 bridgehead atoms. The van der Waals surface area contributed by atoms with Gasteiger partial charge < -0.3 is 10.1 Å². The average Bonchev–Trinajstić information content (AvgIpc) is 2.58. The summed E-state index contributed by atoms with van der Waals surface area (Å²) >= 11 is 0. The Kier molecular flexibility index (Phi) is 8.40. The number of hydrogen-bond acceptors (Lipinski definition) is 2. The summed E-state index contributed by atoms with van der Waals surface area (Å²) < 4.78 is 5.62. The van der Waals surface area contributed by atoms with Crippen LogP contribution in [0.3, 0.4) is 0 Å². The number of unbranched alkanes of at least 4 members (excludes halogenated alkanes) is 3. The molecule has 1 saturated heterocycles. The molecule has 123 valence electrons. The van der Waals surface area contributed by atoms with Crippen LogP contribution in [0.15, 0.2) is 24.3 Å². The van der Waals surface area contributed by atoms with Gasteiger partial charge in [0.15, 0.2) is 0 Å². The minimum absolute atomic E-state index is 0.813. The van der Waals surface area contributed by atoms with E-state index in [2.05, 4.69) is 43.1 Å². The van der Waals surface area contributed by atoms with E-state index < -0.39 is 0 Å². The molecule has 1 radical (unpaired) electrons. The summed E-state index contributed by atoms with van der Waals surface area (Å²) in [6.07, 6.45) is 11.8. The van der Waals surface area contributed by atoms with Crippen molar-refractivity contribution >= 4 is 0 Å². The lowest BCUT2D eigenvalue weighted by Crippen LogP contribution is -2.24. The summed E-state index contributed by atoms with van der Waals surface area (Å²) in [5.74, 6) is 1.83. The first-order valence-electron chi connectivity index (χ1n) is 9.17. The minimum atomic E-state index is 0.813. The van der Waals surface area contributed by atoms with E-state index in [0.717, 1.165) is 24.7 Å². The Labute approximate surface area is 136 Å². The molecule has 0 saturated carbocycles. The van der Waals surface area contributed by atoms with Gasteiger partial charge >= 0.3 is 0 Å². The molecule has 1 fully saturated rings. The second kappa shape index (κ2) is 10.7. The summed E-state index contributed by atoms with van der Waals surface area (Å²) in [6, 6.07) is 8.65. The molecule has 1 aliphatic heterocycles. The van der Waals surface area contributed by atoms with Crippen LogP contribution in [0.25, 0.3) is 0 Å². The second-order valence-electron chi connectivity index (χ2n) is 6.47. The molecule has 0 aliphatic carbocycles. The van der Waals surface area contributed by atoms with Crippen LogP contribution in [0.2, 0.25) is 0 Å². The van der Waals surface area contributed by atoms with Crippen molar-refractivity contribution in [2.75, 3.05) is 13.2 Å². The summed E-state index contributed by atoms with van der Waals surface area (Å²) in [5, 5.41) is 3.39. The predicted molar refractivity (Wildman–Crippen MR) is 94.0 cm³/mol. The fourth-order valence-corrected chi connectivity index (χ4v) is 3.09. The summed E-state index contributed by atoms with van der Waals surface area (Å²) in [4.78, 5) is 0. The van der Waals surface area contributed by atoms with Crippen molar-refractivity contribution in [3.05, 3.63) is 36.4 Å². The van der Waals surface area contributed by atoms with Crippen molar-refractivity contribution in [1.29, 1.82) is 0 Å². The molecule has 1 heterocycles. The molecular weight excluding hydrogens is 270 g/mol. The Balaban J connectivity index is 1.50. The first kappa shape index (κ1) is 17.3. The Morgan fingerprint density at radius 2 is 1.91 bits per heavy atom. The number of nitrogens with one attached hydrogen (secondary N) is 1. The molecule has 0 aromatic heterocycles. The highest BCUT2D eigenvalue weighted by Crippen LogP contribution is 2.21. The van der Waals surface area contributed by atoms with Gasteiger partial charge in [-0.15, -0.1) is 0 Å². The fraction of sp³-hybridized carbons (Fsp3) is 0.650. The van der Waals surface area contributed by atoms with Crippen LogP contribution < -0.4 is 10.1 Å². The van der Waals surface area contributed by atoms with Crippen LogP contribution in [-0.4, -0.2) is 13.2 Å². The molecule has 1 aliphatic rings. The molecule has 1 aromatic rings. The van der Waals surface area contributed by atoms with Crippen LogP contribution in [-0.2, 0) is 6.42 Å².